The minimum Gasteiger partial charge on any atom is -0.319 e. The van der Waals surface area contributed by atoms with Crippen LogP contribution in [0.3, 0.4) is 0 Å². The SMILES string of the molecule is Cl.Cn1c(-c2ccc(Cl)cc2Cl)csc1=Nc1ccccc1Cl. The number of hydrogen-bond donors (Lipinski definition) is 0. The molecule has 0 N–H and O–H groups in total. The third kappa shape index (κ3) is 3.93. The van der Waals surface area contributed by atoms with Crippen LogP contribution in [0.1, 0.15) is 0 Å². The van der Waals surface area contributed by atoms with E-state index in [0.717, 1.165) is 21.7 Å². The van der Waals surface area contributed by atoms with Gasteiger partial charge in [0.1, 0.15) is 0 Å². The average molecular weight is 406 g/mol. The van der Waals surface area contributed by atoms with Crippen LogP contribution in [0.4, 0.5) is 5.69 Å². The highest BCUT2D eigenvalue weighted by Crippen LogP contribution is 2.30. The molecule has 0 saturated carbocycles. The van der Waals surface area contributed by atoms with Gasteiger partial charge in [0.2, 0.25) is 0 Å². The maximum atomic E-state index is 6.29. The van der Waals surface area contributed by atoms with Gasteiger partial charge in [-0.25, -0.2) is 4.99 Å². The third-order valence-electron chi connectivity index (χ3n) is 3.20. The Morgan fingerprint density at radius 2 is 1.74 bits per heavy atom. The van der Waals surface area contributed by atoms with Crippen molar-refractivity contribution in [2.45, 2.75) is 0 Å². The van der Waals surface area contributed by atoms with Gasteiger partial charge in [-0.15, -0.1) is 23.7 Å². The summed E-state index contributed by atoms with van der Waals surface area (Å²) in [6.07, 6.45) is 0. The number of para-hydroxylation sites is 1. The van der Waals surface area contributed by atoms with Crippen molar-refractivity contribution in [1.29, 1.82) is 0 Å². The smallest absolute Gasteiger partial charge is 0.190 e. The maximum absolute atomic E-state index is 6.29. The molecule has 2 nitrogen and oxygen atoms in total. The molecule has 0 aliphatic carbocycles. The highest BCUT2D eigenvalue weighted by atomic mass is 35.5. The topological polar surface area (TPSA) is 17.3 Å². The molecule has 3 rings (SSSR count). The Kier molecular flexibility index (Phi) is 6.18. The summed E-state index contributed by atoms with van der Waals surface area (Å²) < 4.78 is 1.99. The Balaban J connectivity index is 0.00000192. The average Bonchev–Trinajstić information content (AvgIpc) is 2.83. The lowest BCUT2D eigenvalue weighted by Crippen LogP contribution is -2.11. The van der Waals surface area contributed by atoms with E-state index in [1.807, 2.05) is 53.4 Å². The lowest BCUT2D eigenvalue weighted by atomic mass is 10.2. The maximum Gasteiger partial charge on any atom is 0.190 e. The van der Waals surface area contributed by atoms with Crippen LogP contribution in [0.15, 0.2) is 52.8 Å². The van der Waals surface area contributed by atoms with E-state index < -0.39 is 0 Å². The summed E-state index contributed by atoms with van der Waals surface area (Å²) in [6.45, 7) is 0. The summed E-state index contributed by atoms with van der Waals surface area (Å²) in [6, 6.07) is 13.0. The molecule has 0 bridgehead atoms. The van der Waals surface area contributed by atoms with Crippen LogP contribution < -0.4 is 4.80 Å². The zero-order valence-corrected chi connectivity index (χ0v) is 15.9. The highest BCUT2D eigenvalue weighted by molar-refractivity contribution is 7.07. The Bertz CT molecular complexity index is 899. The first-order valence-corrected chi connectivity index (χ1v) is 8.47. The summed E-state index contributed by atoms with van der Waals surface area (Å²) in [5.74, 6) is 0. The van der Waals surface area contributed by atoms with Crippen molar-refractivity contribution in [3.63, 3.8) is 0 Å². The minimum absolute atomic E-state index is 0. The van der Waals surface area contributed by atoms with Gasteiger partial charge in [0.25, 0.3) is 0 Å². The van der Waals surface area contributed by atoms with E-state index in [4.69, 9.17) is 34.8 Å². The number of thiazole rings is 1. The van der Waals surface area contributed by atoms with Crippen LogP contribution >= 0.6 is 58.5 Å². The molecule has 0 aliphatic rings. The molecule has 2 aromatic carbocycles. The molecule has 23 heavy (non-hydrogen) atoms. The number of aromatic nitrogens is 1. The largest absolute Gasteiger partial charge is 0.319 e. The number of halogens is 4. The molecule has 0 unspecified atom stereocenters. The van der Waals surface area contributed by atoms with Crippen LogP contribution in [-0.4, -0.2) is 4.57 Å². The van der Waals surface area contributed by atoms with Crippen molar-refractivity contribution in [3.8, 4) is 11.3 Å². The summed E-state index contributed by atoms with van der Waals surface area (Å²) >= 11 is 19.9. The molecule has 0 fully saturated rings. The van der Waals surface area contributed by atoms with E-state index in [-0.39, 0.29) is 12.4 Å². The van der Waals surface area contributed by atoms with E-state index >= 15 is 0 Å². The molecule has 0 atom stereocenters. The molecule has 0 amide bonds. The van der Waals surface area contributed by atoms with Crippen molar-refractivity contribution in [3.05, 3.63) is 67.7 Å². The summed E-state index contributed by atoms with van der Waals surface area (Å²) in [4.78, 5) is 5.46. The minimum atomic E-state index is 0. The van der Waals surface area contributed by atoms with Crippen molar-refractivity contribution < 1.29 is 0 Å². The van der Waals surface area contributed by atoms with Gasteiger partial charge < -0.3 is 4.57 Å². The Hall–Kier alpha value is -0.970. The van der Waals surface area contributed by atoms with Crippen LogP contribution in [0.5, 0.6) is 0 Å². The Morgan fingerprint density at radius 1 is 1.00 bits per heavy atom. The van der Waals surface area contributed by atoms with Gasteiger partial charge in [0.15, 0.2) is 4.80 Å². The number of benzene rings is 2. The van der Waals surface area contributed by atoms with Crippen LogP contribution in [-0.2, 0) is 7.05 Å². The van der Waals surface area contributed by atoms with Gasteiger partial charge in [-0.05, 0) is 30.3 Å². The normalized spacial score (nSPS) is 11.4. The number of nitrogens with zero attached hydrogens (tertiary/aromatic N) is 2. The van der Waals surface area contributed by atoms with Gasteiger partial charge in [-0.1, -0.05) is 46.9 Å². The number of rotatable bonds is 2. The predicted octanol–water partition coefficient (Wildman–Crippen LogP) is 6.37. The molecular formula is C16H12Cl4N2S. The highest BCUT2D eigenvalue weighted by Gasteiger charge is 2.09. The van der Waals surface area contributed by atoms with Crippen LogP contribution in [0.25, 0.3) is 11.3 Å². The molecule has 0 spiro atoms. The fourth-order valence-corrected chi connectivity index (χ4v) is 3.65. The fourth-order valence-electron chi connectivity index (χ4n) is 2.06. The van der Waals surface area contributed by atoms with E-state index in [1.54, 1.807) is 6.07 Å². The van der Waals surface area contributed by atoms with Crippen molar-refractivity contribution >= 4 is 64.2 Å². The summed E-state index contributed by atoms with van der Waals surface area (Å²) in [5, 5.41) is 3.88. The molecular weight excluding hydrogens is 394 g/mol. The van der Waals surface area contributed by atoms with Crippen molar-refractivity contribution in [1.82, 2.24) is 4.57 Å². The van der Waals surface area contributed by atoms with Crippen LogP contribution in [0, 0.1) is 0 Å². The van der Waals surface area contributed by atoms with Gasteiger partial charge in [0, 0.05) is 23.0 Å². The Labute approximate surface area is 159 Å². The molecule has 0 saturated heterocycles. The predicted molar refractivity (Wildman–Crippen MR) is 103 cm³/mol. The molecule has 1 aromatic heterocycles. The first-order valence-electron chi connectivity index (χ1n) is 6.45. The first kappa shape index (κ1) is 18.4. The second-order valence-electron chi connectivity index (χ2n) is 4.65. The van der Waals surface area contributed by atoms with Gasteiger partial charge in [-0.3, -0.25) is 0 Å². The summed E-state index contributed by atoms with van der Waals surface area (Å²) in [5.41, 5.74) is 2.65. The van der Waals surface area contributed by atoms with E-state index in [9.17, 15) is 0 Å². The molecule has 1 heterocycles. The van der Waals surface area contributed by atoms with Gasteiger partial charge >= 0.3 is 0 Å². The van der Waals surface area contributed by atoms with E-state index in [1.165, 1.54) is 11.3 Å². The zero-order valence-electron chi connectivity index (χ0n) is 12.0. The lowest BCUT2D eigenvalue weighted by molar-refractivity contribution is 0.883. The lowest BCUT2D eigenvalue weighted by Gasteiger charge is -2.06. The van der Waals surface area contributed by atoms with Crippen molar-refractivity contribution in [2.75, 3.05) is 0 Å². The zero-order chi connectivity index (χ0) is 15.7. The quantitative estimate of drug-likeness (QED) is 0.471. The van der Waals surface area contributed by atoms with Gasteiger partial charge in [0.05, 0.1) is 21.4 Å². The number of hydrogen-bond acceptors (Lipinski definition) is 2. The second kappa shape index (κ2) is 7.73. The molecule has 7 heteroatoms. The Morgan fingerprint density at radius 3 is 2.43 bits per heavy atom. The van der Waals surface area contributed by atoms with Crippen LogP contribution in [0.2, 0.25) is 15.1 Å². The first-order chi connectivity index (χ1) is 10.6. The summed E-state index contributed by atoms with van der Waals surface area (Å²) in [7, 11) is 1.95. The molecule has 0 aliphatic heterocycles. The molecule has 120 valence electrons. The molecule has 0 radical (unpaired) electrons. The molecule has 3 aromatic rings. The van der Waals surface area contributed by atoms with Crippen molar-refractivity contribution in [2.24, 2.45) is 12.0 Å². The third-order valence-corrected chi connectivity index (χ3v) is 4.98. The fraction of sp³-hybridized carbons (Fsp3) is 0.0625. The standard InChI is InChI=1S/C16H11Cl3N2S.ClH/c1-21-15(11-7-6-10(17)8-13(11)19)9-22-16(21)20-14-5-3-2-4-12(14)18;/h2-9H,1H3;1H. The van der Waals surface area contributed by atoms with E-state index in [2.05, 4.69) is 4.99 Å². The van der Waals surface area contributed by atoms with E-state index in [0.29, 0.717) is 15.1 Å². The monoisotopic (exact) mass is 404 g/mol. The van der Waals surface area contributed by atoms with Gasteiger partial charge in [-0.2, -0.15) is 0 Å². The second-order valence-corrected chi connectivity index (χ2v) is 6.74.